The van der Waals surface area contributed by atoms with E-state index in [1.807, 2.05) is 6.08 Å². The van der Waals surface area contributed by atoms with E-state index in [0.29, 0.717) is 5.92 Å². The van der Waals surface area contributed by atoms with Gasteiger partial charge in [-0.25, -0.2) is 0 Å². The third-order valence-corrected chi connectivity index (χ3v) is 1.78. The molecule has 8 heavy (non-hydrogen) atoms. The average molecular weight is 112 g/mol. The normalized spacial score (nSPS) is 37.6. The summed E-state index contributed by atoms with van der Waals surface area (Å²) in [6, 6.07) is 0. The maximum Gasteiger partial charge on any atom is 0.0546 e. The topological polar surface area (TPSA) is 20.2 Å². The van der Waals surface area contributed by atoms with E-state index in [2.05, 4.69) is 6.58 Å². The van der Waals surface area contributed by atoms with E-state index in [0.717, 1.165) is 19.3 Å². The Labute approximate surface area is 50.0 Å². The Morgan fingerprint density at radius 2 is 2.25 bits per heavy atom. The van der Waals surface area contributed by atoms with Gasteiger partial charge in [0.2, 0.25) is 0 Å². The maximum atomic E-state index is 8.98. The second-order valence-corrected chi connectivity index (χ2v) is 2.46. The summed E-state index contributed by atoms with van der Waals surface area (Å²) < 4.78 is 0. The molecule has 0 heterocycles. The quantitative estimate of drug-likeness (QED) is 0.507. The summed E-state index contributed by atoms with van der Waals surface area (Å²) in [4.78, 5) is 0. The van der Waals surface area contributed by atoms with Gasteiger partial charge in [-0.3, -0.25) is 0 Å². The average Bonchev–Trinajstić information content (AvgIpc) is 2.14. The van der Waals surface area contributed by atoms with Crippen LogP contribution in [-0.2, 0) is 0 Å². The molecule has 1 unspecified atom stereocenters. The molecule has 1 rings (SSSR count). The lowest BCUT2D eigenvalue weighted by Crippen LogP contribution is -1.97. The highest BCUT2D eigenvalue weighted by atomic mass is 16.3. The molecule has 0 aromatic rings. The molecule has 1 N–H and O–H groups in total. The molecule has 0 aromatic heterocycles. The van der Waals surface area contributed by atoms with Crippen LogP contribution in [0.3, 0.4) is 0 Å². The van der Waals surface area contributed by atoms with Gasteiger partial charge in [0.25, 0.3) is 0 Å². The first-order chi connectivity index (χ1) is 3.83. The van der Waals surface area contributed by atoms with Crippen LogP contribution in [0.5, 0.6) is 0 Å². The molecule has 1 aliphatic carbocycles. The van der Waals surface area contributed by atoms with Crippen LogP contribution >= 0.6 is 0 Å². The van der Waals surface area contributed by atoms with Crippen molar-refractivity contribution in [2.24, 2.45) is 5.92 Å². The summed E-state index contributed by atoms with van der Waals surface area (Å²) in [6.07, 6.45) is 4.93. The van der Waals surface area contributed by atoms with E-state index in [4.69, 9.17) is 5.11 Å². The zero-order chi connectivity index (χ0) is 5.98. The SMILES string of the molecule is C=CC1CC[C@@H](O)C1. The smallest absolute Gasteiger partial charge is 0.0546 e. The molecule has 46 valence electrons. The molecule has 1 nitrogen and oxygen atoms in total. The molecule has 0 aromatic carbocycles. The Balaban J connectivity index is 2.32. The Bertz CT molecular complexity index is 88.4. The third kappa shape index (κ3) is 1.10. The van der Waals surface area contributed by atoms with Crippen molar-refractivity contribution < 1.29 is 5.11 Å². The predicted octanol–water partition coefficient (Wildman–Crippen LogP) is 1.33. The van der Waals surface area contributed by atoms with Gasteiger partial charge in [-0.1, -0.05) is 6.08 Å². The lowest BCUT2D eigenvalue weighted by molar-refractivity contribution is 0.180. The number of aliphatic hydroxyl groups excluding tert-OH is 1. The van der Waals surface area contributed by atoms with Crippen molar-refractivity contribution in [2.45, 2.75) is 25.4 Å². The lowest BCUT2D eigenvalue weighted by atomic mass is 10.1. The highest BCUT2D eigenvalue weighted by Crippen LogP contribution is 2.25. The van der Waals surface area contributed by atoms with Gasteiger partial charge < -0.3 is 5.11 Å². The van der Waals surface area contributed by atoms with Crippen LogP contribution in [0.25, 0.3) is 0 Å². The van der Waals surface area contributed by atoms with E-state index < -0.39 is 0 Å². The van der Waals surface area contributed by atoms with Crippen molar-refractivity contribution in [3.63, 3.8) is 0 Å². The maximum absolute atomic E-state index is 8.98. The van der Waals surface area contributed by atoms with E-state index in [-0.39, 0.29) is 6.10 Å². The van der Waals surface area contributed by atoms with Crippen molar-refractivity contribution in [1.82, 2.24) is 0 Å². The fourth-order valence-corrected chi connectivity index (χ4v) is 1.21. The van der Waals surface area contributed by atoms with Crippen LogP contribution in [0.2, 0.25) is 0 Å². The Kier molecular flexibility index (Phi) is 1.69. The van der Waals surface area contributed by atoms with Gasteiger partial charge in [0.1, 0.15) is 0 Å². The summed E-state index contributed by atoms with van der Waals surface area (Å²) >= 11 is 0. The largest absolute Gasteiger partial charge is 0.393 e. The molecule has 0 spiro atoms. The van der Waals surface area contributed by atoms with Crippen molar-refractivity contribution in [3.05, 3.63) is 12.7 Å². The molecule has 1 saturated carbocycles. The molecule has 0 bridgehead atoms. The first-order valence-corrected chi connectivity index (χ1v) is 3.13. The van der Waals surface area contributed by atoms with Crippen LogP contribution < -0.4 is 0 Å². The van der Waals surface area contributed by atoms with E-state index in [1.165, 1.54) is 0 Å². The molecule has 0 amide bonds. The minimum absolute atomic E-state index is 0.0435. The van der Waals surface area contributed by atoms with Gasteiger partial charge in [0, 0.05) is 0 Å². The molecule has 0 saturated heterocycles. The summed E-state index contributed by atoms with van der Waals surface area (Å²) in [7, 11) is 0. The summed E-state index contributed by atoms with van der Waals surface area (Å²) in [6.45, 7) is 3.67. The molecule has 1 aliphatic rings. The van der Waals surface area contributed by atoms with Crippen LogP contribution in [0.4, 0.5) is 0 Å². The first-order valence-electron chi connectivity index (χ1n) is 3.13. The van der Waals surface area contributed by atoms with E-state index >= 15 is 0 Å². The number of rotatable bonds is 1. The van der Waals surface area contributed by atoms with Crippen molar-refractivity contribution in [3.8, 4) is 0 Å². The molecule has 2 atom stereocenters. The molecule has 0 radical (unpaired) electrons. The van der Waals surface area contributed by atoms with Gasteiger partial charge in [-0.2, -0.15) is 0 Å². The highest BCUT2D eigenvalue weighted by molar-refractivity contribution is 4.86. The van der Waals surface area contributed by atoms with Gasteiger partial charge in [0.15, 0.2) is 0 Å². The lowest BCUT2D eigenvalue weighted by Gasteiger charge is -1.97. The van der Waals surface area contributed by atoms with Gasteiger partial charge in [-0.05, 0) is 25.2 Å². The highest BCUT2D eigenvalue weighted by Gasteiger charge is 2.19. The Morgan fingerprint density at radius 1 is 1.50 bits per heavy atom. The number of hydrogen-bond donors (Lipinski definition) is 1. The number of aliphatic hydroxyl groups is 1. The van der Waals surface area contributed by atoms with Crippen LogP contribution in [0.15, 0.2) is 12.7 Å². The fraction of sp³-hybridized carbons (Fsp3) is 0.714. The molecule has 0 aliphatic heterocycles. The van der Waals surface area contributed by atoms with Crippen molar-refractivity contribution in [2.75, 3.05) is 0 Å². The third-order valence-electron chi connectivity index (χ3n) is 1.78. The Morgan fingerprint density at radius 3 is 2.50 bits per heavy atom. The van der Waals surface area contributed by atoms with Gasteiger partial charge in [0.05, 0.1) is 6.10 Å². The first kappa shape index (κ1) is 5.83. The molecular weight excluding hydrogens is 100 g/mol. The van der Waals surface area contributed by atoms with Crippen LogP contribution in [0.1, 0.15) is 19.3 Å². The van der Waals surface area contributed by atoms with E-state index in [1.54, 1.807) is 0 Å². The van der Waals surface area contributed by atoms with Gasteiger partial charge >= 0.3 is 0 Å². The monoisotopic (exact) mass is 112 g/mol. The standard InChI is InChI=1S/C7H12O/c1-2-6-3-4-7(8)5-6/h2,6-8H,1,3-5H2/t6?,7-/m1/s1. The molecule has 1 fully saturated rings. The second kappa shape index (κ2) is 2.31. The summed E-state index contributed by atoms with van der Waals surface area (Å²) in [5.74, 6) is 0.588. The summed E-state index contributed by atoms with van der Waals surface area (Å²) in [5, 5.41) is 8.98. The van der Waals surface area contributed by atoms with Crippen LogP contribution in [0, 0.1) is 5.92 Å². The second-order valence-electron chi connectivity index (χ2n) is 2.46. The summed E-state index contributed by atoms with van der Waals surface area (Å²) in [5.41, 5.74) is 0. The predicted molar refractivity (Wildman–Crippen MR) is 33.5 cm³/mol. The number of hydrogen-bond acceptors (Lipinski definition) is 1. The zero-order valence-electron chi connectivity index (χ0n) is 5.01. The Hall–Kier alpha value is -0.300. The fourth-order valence-electron chi connectivity index (χ4n) is 1.21. The van der Waals surface area contributed by atoms with Crippen LogP contribution in [-0.4, -0.2) is 11.2 Å². The minimum Gasteiger partial charge on any atom is -0.393 e. The zero-order valence-corrected chi connectivity index (χ0v) is 5.01. The molecular formula is C7H12O. The minimum atomic E-state index is -0.0435. The molecule has 1 heteroatoms. The van der Waals surface area contributed by atoms with E-state index in [9.17, 15) is 0 Å². The van der Waals surface area contributed by atoms with Crippen molar-refractivity contribution in [1.29, 1.82) is 0 Å². The van der Waals surface area contributed by atoms with Crippen molar-refractivity contribution >= 4 is 0 Å². The van der Waals surface area contributed by atoms with Gasteiger partial charge in [-0.15, -0.1) is 6.58 Å². The number of allylic oxidation sites excluding steroid dienone is 1.